The van der Waals surface area contributed by atoms with E-state index in [1.165, 1.54) is 0 Å². The van der Waals surface area contributed by atoms with E-state index >= 15 is 0 Å². The first-order chi connectivity index (χ1) is 12.8. The van der Waals surface area contributed by atoms with Gasteiger partial charge in [-0.05, 0) is 42.8 Å². The Morgan fingerprint density at radius 3 is 2.88 bits per heavy atom. The average molecular weight is 349 g/mol. The third-order valence-electron chi connectivity index (χ3n) is 4.45. The van der Waals surface area contributed by atoms with Crippen LogP contribution in [-0.4, -0.2) is 41.5 Å². The highest BCUT2D eigenvalue weighted by Crippen LogP contribution is 2.25. The number of aromatic nitrogens is 3. The van der Waals surface area contributed by atoms with Gasteiger partial charge in [0.25, 0.3) is 0 Å². The number of nitrogens with zero attached hydrogens (tertiary/aromatic N) is 3. The molecule has 1 fully saturated rings. The third kappa shape index (κ3) is 3.70. The topological polar surface area (TPSA) is 63.3 Å². The second-order valence-corrected chi connectivity index (χ2v) is 6.25. The molecule has 0 bridgehead atoms. The lowest BCUT2D eigenvalue weighted by Crippen LogP contribution is -2.36. The third-order valence-corrected chi connectivity index (χ3v) is 4.45. The second-order valence-electron chi connectivity index (χ2n) is 6.25. The molecule has 1 aromatic carbocycles. The van der Waals surface area contributed by atoms with Gasteiger partial charge in [-0.2, -0.15) is 5.10 Å². The summed E-state index contributed by atoms with van der Waals surface area (Å²) in [6.45, 7) is 5.74. The van der Waals surface area contributed by atoms with Crippen LogP contribution in [0, 0.1) is 13.0 Å². The minimum absolute atomic E-state index is 0.470. The van der Waals surface area contributed by atoms with E-state index in [9.17, 15) is 0 Å². The van der Waals surface area contributed by atoms with Crippen LogP contribution in [0.5, 0.6) is 5.75 Å². The van der Waals surface area contributed by atoms with E-state index < -0.39 is 0 Å². The van der Waals surface area contributed by atoms with Crippen LogP contribution < -0.4 is 9.64 Å². The molecule has 4 rings (SSSR count). The summed E-state index contributed by atoms with van der Waals surface area (Å²) in [6.07, 6.45) is 3.76. The van der Waals surface area contributed by atoms with E-state index in [0.717, 1.165) is 60.3 Å². The maximum atomic E-state index is 5.92. The molecule has 133 valence electrons. The summed E-state index contributed by atoms with van der Waals surface area (Å²) in [5, 5.41) is 7.04. The van der Waals surface area contributed by atoms with Crippen molar-refractivity contribution in [1.29, 1.82) is 0 Å². The predicted octanol–water partition coefficient (Wildman–Crippen LogP) is 3.00. The Morgan fingerprint density at radius 2 is 2.15 bits per heavy atom. The van der Waals surface area contributed by atoms with Crippen LogP contribution in [0.15, 0.2) is 42.7 Å². The van der Waals surface area contributed by atoms with Gasteiger partial charge in [0, 0.05) is 36.6 Å². The number of aromatic amines is 1. The molecule has 0 atom stereocenters. The number of anilines is 1. The van der Waals surface area contributed by atoms with Gasteiger partial charge in [0.2, 0.25) is 0 Å². The van der Waals surface area contributed by atoms with Crippen LogP contribution in [0.3, 0.4) is 0 Å². The van der Waals surface area contributed by atoms with Gasteiger partial charge in [0.15, 0.2) is 0 Å². The molecule has 0 unspecified atom stereocenters. The normalized spacial score (nSPS) is 14.4. The number of rotatable bonds is 5. The Kier molecular flexibility index (Phi) is 4.84. The van der Waals surface area contributed by atoms with Crippen LogP contribution in [0.2, 0.25) is 0 Å². The maximum Gasteiger partial charge on any atom is 0.128 e. The summed E-state index contributed by atoms with van der Waals surface area (Å²) in [7, 11) is 0. The first kappa shape index (κ1) is 16.6. The van der Waals surface area contributed by atoms with E-state index in [4.69, 9.17) is 9.47 Å². The van der Waals surface area contributed by atoms with Crippen LogP contribution in [-0.2, 0) is 11.3 Å². The van der Waals surface area contributed by atoms with Gasteiger partial charge in [-0.15, -0.1) is 0 Å². The number of H-pyrrole nitrogens is 1. The molecule has 1 aliphatic rings. The Balaban J connectivity index is 1.40. The monoisotopic (exact) mass is 349 g/mol. The summed E-state index contributed by atoms with van der Waals surface area (Å²) >= 11 is 0. The molecule has 6 nitrogen and oxygen atoms in total. The molecule has 2 aromatic heterocycles. The van der Waals surface area contributed by atoms with E-state index in [1.54, 1.807) is 0 Å². The van der Waals surface area contributed by atoms with E-state index in [0.29, 0.717) is 6.61 Å². The minimum atomic E-state index is 0.470. The molecule has 3 aromatic rings. The number of hydrogen-bond donors (Lipinski definition) is 1. The van der Waals surface area contributed by atoms with Gasteiger partial charge >= 0.3 is 0 Å². The highest BCUT2D eigenvalue weighted by Gasteiger charge is 2.12. The summed E-state index contributed by atoms with van der Waals surface area (Å²) in [6, 6.07) is 13.0. The summed E-state index contributed by atoms with van der Waals surface area (Å²) < 4.78 is 11.3. The average Bonchev–Trinajstić information content (AvgIpc) is 3.14. The summed E-state index contributed by atoms with van der Waals surface area (Å²) in [5.74, 6) is 1.77. The fourth-order valence-corrected chi connectivity index (χ4v) is 2.99. The van der Waals surface area contributed by atoms with Crippen molar-refractivity contribution in [3.8, 4) is 16.9 Å². The van der Waals surface area contributed by atoms with Crippen molar-refractivity contribution < 1.29 is 9.47 Å². The van der Waals surface area contributed by atoms with Crippen LogP contribution in [0.25, 0.3) is 11.1 Å². The van der Waals surface area contributed by atoms with Crippen molar-refractivity contribution >= 4 is 5.82 Å². The van der Waals surface area contributed by atoms with Crippen molar-refractivity contribution in [2.45, 2.75) is 13.5 Å². The molecule has 3 heterocycles. The second kappa shape index (κ2) is 7.58. The van der Waals surface area contributed by atoms with Crippen molar-refractivity contribution in [3.63, 3.8) is 0 Å². The van der Waals surface area contributed by atoms with Crippen molar-refractivity contribution in [1.82, 2.24) is 15.2 Å². The molecule has 0 saturated carbocycles. The zero-order valence-electron chi connectivity index (χ0n) is 14.7. The first-order valence-electron chi connectivity index (χ1n) is 8.72. The Hall–Kier alpha value is -2.86. The molecular weight excluding hydrogens is 328 g/mol. The van der Waals surface area contributed by atoms with Crippen LogP contribution >= 0.6 is 0 Å². The number of nitrogens with one attached hydrogen (secondary N) is 1. The van der Waals surface area contributed by atoms with E-state index in [1.807, 2.05) is 43.6 Å². The lowest BCUT2D eigenvalue weighted by Gasteiger charge is -2.27. The fourth-order valence-electron chi connectivity index (χ4n) is 2.99. The molecule has 26 heavy (non-hydrogen) atoms. The van der Waals surface area contributed by atoms with Crippen molar-refractivity contribution in [2.75, 3.05) is 31.2 Å². The lowest BCUT2D eigenvalue weighted by atomic mass is 10.1. The molecule has 0 aliphatic carbocycles. The Labute approximate surface area is 152 Å². The molecule has 1 saturated heterocycles. The standard InChI is InChI=1S/C20H21N4O2/c1-15-19(13-22-23-15)17-3-2-4-18(11-17)26-14-16-5-6-20(21-12-16)24-7-9-25-10-8-24/h3-6,11-13H,7-10,14H2,1H3,(H,22,23). The number of ether oxygens (including phenoxy) is 2. The molecule has 1 N–H and O–H groups in total. The number of aryl methyl sites for hydroxylation is 1. The smallest absolute Gasteiger partial charge is 0.128 e. The highest BCUT2D eigenvalue weighted by molar-refractivity contribution is 5.66. The molecular formula is C20H21N4O2. The van der Waals surface area contributed by atoms with Crippen LogP contribution in [0.1, 0.15) is 11.3 Å². The molecule has 1 aliphatic heterocycles. The van der Waals surface area contributed by atoms with Gasteiger partial charge in [0.1, 0.15) is 18.2 Å². The van der Waals surface area contributed by atoms with E-state index in [2.05, 4.69) is 32.2 Å². The van der Waals surface area contributed by atoms with Crippen molar-refractivity contribution in [3.05, 3.63) is 60.0 Å². The maximum absolute atomic E-state index is 5.92. The SMILES string of the molecule is Cc1n[nH]cc1-c1c[c]cc(OCc2ccc(N3CCOCC3)nc2)c1. The molecule has 0 amide bonds. The quantitative estimate of drug-likeness (QED) is 0.767. The van der Waals surface area contributed by atoms with Crippen molar-refractivity contribution in [2.24, 2.45) is 0 Å². The lowest BCUT2D eigenvalue weighted by molar-refractivity contribution is 0.122. The van der Waals surface area contributed by atoms with E-state index in [-0.39, 0.29) is 0 Å². The molecule has 0 spiro atoms. The first-order valence-corrected chi connectivity index (χ1v) is 8.72. The predicted molar refractivity (Wildman–Crippen MR) is 99.2 cm³/mol. The zero-order valence-corrected chi connectivity index (χ0v) is 14.7. The highest BCUT2D eigenvalue weighted by atomic mass is 16.5. The van der Waals surface area contributed by atoms with Gasteiger partial charge in [-0.25, -0.2) is 4.98 Å². The summed E-state index contributed by atoms with van der Waals surface area (Å²) in [5.41, 5.74) is 4.09. The fraction of sp³-hybridized carbons (Fsp3) is 0.300. The van der Waals surface area contributed by atoms with Gasteiger partial charge in [-0.3, -0.25) is 5.10 Å². The van der Waals surface area contributed by atoms with Gasteiger partial charge < -0.3 is 14.4 Å². The molecule has 6 heteroatoms. The number of hydrogen-bond acceptors (Lipinski definition) is 5. The zero-order chi connectivity index (χ0) is 17.8. The van der Waals surface area contributed by atoms with Crippen LogP contribution in [0.4, 0.5) is 5.82 Å². The Morgan fingerprint density at radius 1 is 1.27 bits per heavy atom. The molecule has 1 radical (unpaired) electrons. The number of pyridine rings is 1. The van der Waals surface area contributed by atoms with Gasteiger partial charge in [-0.1, -0.05) is 6.07 Å². The van der Waals surface area contributed by atoms with Gasteiger partial charge in [0.05, 0.1) is 18.9 Å². The number of morpholine rings is 1. The minimum Gasteiger partial charge on any atom is -0.489 e. The number of benzene rings is 1. The largest absolute Gasteiger partial charge is 0.489 e. The Bertz CT molecular complexity index is 854. The summed E-state index contributed by atoms with van der Waals surface area (Å²) in [4.78, 5) is 6.79.